The molecule has 1 aliphatic heterocycles. The first-order chi connectivity index (χ1) is 12.0. The molecule has 0 radical (unpaired) electrons. The van der Waals surface area contributed by atoms with E-state index >= 15 is 0 Å². The van der Waals surface area contributed by atoms with Crippen LogP contribution in [0.1, 0.15) is 39.1 Å². The molecule has 0 unspecified atom stereocenters. The van der Waals surface area contributed by atoms with Gasteiger partial charge in [-0.1, -0.05) is 29.8 Å². The maximum absolute atomic E-state index is 13.8. The van der Waals surface area contributed by atoms with E-state index in [0.717, 1.165) is 5.56 Å². The molecule has 0 aliphatic carbocycles. The summed E-state index contributed by atoms with van der Waals surface area (Å²) in [5.74, 6) is -0.886. The van der Waals surface area contributed by atoms with Gasteiger partial charge in [-0.2, -0.15) is 0 Å². The number of carbonyl (C=O) groups excluding carboxylic acids is 2. The Hall–Kier alpha value is -2.69. The van der Waals surface area contributed by atoms with Gasteiger partial charge in [0.05, 0.1) is 5.56 Å². The molecule has 2 aromatic rings. The van der Waals surface area contributed by atoms with Crippen molar-refractivity contribution in [3.63, 3.8) is 0 Å². The van der Waals surface area contributed by atoms with E-state index in [0.29, 0.717) is 31.5 Å². The number of rotatable bonds is 3. The zero-order chi connectivity index (χ0) is 17.8. The standard InChI is InChI=1S/C20H21FN2O2/c1-14-6-8-15(9-7-14)19(24)22-16-10-12-23(13-11-16)20(25)17-4-2-3-5-18(17)21/h2-9,16H,10-13H2,1H3,(H,22,24). The molecule has 0 atom stereocenters. The van der Waals surface area contributed by atoms with Crippen LogP contribution in [0.2, 0.25) is 0 Å². The molecule has 1 aliphatic rings. The van der Waals surface area contributed by atoms with Crippen molar-refractivity contribution in [2.24, 2.45) is 0 Å². The molecule has 1 fully saturated rings. The van der Waals surface area contributed by atoms with Crippen LogP contribution in [-0.2, 0) is 0 Å². The quantitative estimate of drug-likeness (QED) is 0.933. The van der Waals surface area contributed by atoms with E-state index in [1.54, 1.807) is 17.0 Å². The second kappa shape index (κ2) is 7.47. The summed E-state index contributed by atoms with van der Waals surface area (Å²) in [7, 11) is 0. The molecule has 2 aromatic carbocycles. The minimum absolute atomic E-state index is 0.0264. The van der Waals surface area contributed by atoms with Crippen LogP contribution < -0.4 is 5.32 Å². The van der Waals surface area contributed by atoms with Gasteiger partial charge in [-0.15, -0.1) is 0 Å². The van der Waals surface area contributed by atoms with Gasteiger partial charge in [0.15, 0.2) is 0 Å². The highest BCUT2D eigenvalue weighted by atomic mass is 19.1. The summed E-state index contributed by atoms with van der Waals surface area (Å²) in [5.41, 5.74) is 1.84. The van der Waals surface area contributed by atoms with Crippen molar-refractivity contribution < 1.29 is 14.0 Å². The summed E-state index contributed by atoms with van der Waals surface area (Å²) >= 11 is 0. The maximum Gasteiger partial charge on any atom is 0.256 e. The second-order valence-corrected chi connectivity index (χ2v) is 6.39. The Bertz CT molecular complexity index is 766. The molecule has 4 nitrogen and oxygen atoms in total. The Morgan fingerprint density at radius 1 is 1.04 bits per heavy atom. The monoisotopic (exact) mass is 340 g/mol. The van der Waals surface area contributed by atoms with Crippen molar-refractivity contribution in [2.75, 3.05) is 13.1 Å². The normalized spacial score (nSPS) is 15.0. The molecule has 0 spiro atoms. The van der Waals surface area contributed by atoms with Crippen LogP contribution in [0.25, 0.3) is 0 Å². The second-order valence-electron chi connectivity index (χ2n) is 6.39. The van der Waals surface area contributed by atoms with Crippen LogP contribution in [0.4, 0.5) is 4.39 Å². The molecule has 0 saturated carbocycles. The summed E-state index contributed by atoms with van der Waals surface area (Å²) in [6.45, 7) is 2.99. The molecule has 0 aromatic heterocycles. The predicted octanol–water partition coefficient (Wildman–Crippen LogP) is 3.17. The van der Waals surface area contributed by atoms with Crippen LogP contribution >= 0.6 is 0 Å². The number of likely N-dealkylation sites (tertiary alicyclic amines) is 1. The Labute approximate surface area is 146 Å². The first kappa shape index (κ1) is 17.1. The van der Waals surface area contributed by atoms with Crippen LogP contribution in [-0.4, -0.2) is 35.8 Å². The highest BCUT2D eigenvalue weighted by Crippen LogP contribution is 2.16. The first-order valence-corrected chi connectivity index (χ1v) is 8.46. The number of piperidine rings is 1. The van der Waals surface area contributed by atoms with Crippen LogP contribution in [0.5, 0.6) is 0 Å². The van der Waals surface area contributed by atoms with Gasteiger partial charge in [-0.25, -0.2) is 4.39 Å². The third-order valence-electron chi connectivity index (χ3n) is 4.54. The largest absolute Gasteiger partial charge is 0.349 e. The SMILES string of the molecule is Cc1ccc(C(=O)NC2CCN(C(=O)c3ccccc3F)CC2)cc1. The van der Waals surface area contributed by atoms with Crippen LogP contribution in [0.15, 0.2) is 48.5 Å². The van der Waals surface area contributed by atoms with E-state index < -0.39 is 5.82 Å². The molecule has 2 amide bonds. The number of hydrogen-bond donors (Lipinski definition) is 1. The molecule has 1 N–H and O–H groups in total. The van der Waals surface area contributed by atoms with Crippen molar-refractivity contribution in [2.45, 2.75) is 25.8 Å². The highest BCUT2D eigenvalue weighted by Gasteiger charge is 2.26. The Morgan fingerprint density at radius 2 is 1.68 bits per heavy atom. The van der Waals surface area contributed by atoms with Crippen molar-refractivity contribution in [3.8, 4) is 0 Å². The van der Waals surface area contributed by atoms with E-state index in [1.165, 1.54) is 12.1 Å². The van der Waals surface area contributed by atoms with E-state index in [1.807, 2.05) is 31.2 Å². The van der Waals surface area contributed by atoms with E-state index in [4.69, 9.17) is 0 Å². The number of carbonyl (C=O) groups is 2. The Kier molecular flexibility index (Phi) is 5.12. The third-order valence-corrected chi connectivity index (χ3v) is 4.54. The molecule has 1 heterocycles. The average Bonchev–Trinajstić information content (AvgIpc) is 2.63. The molecule has 130 valence electrons. The zero-order valence-electron chi connectivity index (χ0n) is 14.2. The number of benzene rings is 2. The zero-order valence-corrected chi connectivity index (χ0v) is 14.2. The summed E-state index contributed by atoms with van der Waals surface area (Å²) in [6.07, 6.45) is 1.33. The molecule has 25 heavy (non-hydrogen) atoms. The van der Waals surface area contributed by atoms with Crippen LogP contribution in [0, 0.1) is 12.7 Å². The van der Waals surface area contributed by atoms with Gasteiger partial charge in [-0.3, -0.25) is 9.59 Å². The fourth-order valence-electron chi connectivity index (χ4n) is 3.01. The number of aryl methyl sites for hydroxylation is 1. The number of nitrogens with zero attached hydrogens (tertiary/aromatic N) is 1. The summed E-state index contributed by atoms with van der Waals surface area (Å²) in [4.78, 5) is 26.3. The summed E-state index contributed by atoms with van der Waals surface area (Å²) in [5, 5.41) is 3.01. The average molecular weight is 340 g/mol. The third kappa shape index (κ3) is 4.05. The van der Waals surface area contributed by atoms with Gasteiger partial charge in [0.2, 0.25) is 0 Å². The van der Waals surface area contributed by atoms with Crippen LogP contribution in [0.3, 0.4) is 0 Å². The Morgan fingerprint density at radius 3 is 2.32 bits per heavy atom. The van der Waals surface area contributed by atoms with Gasteiger partial charge < -0.3 is 10.2 Å². The fourth-order valence-corrected chi connectivity index (χ4v) is 3.01. The van der Waals surface area contributed by atoms with Crippen molar-refractivity contribution in [3.05, 3.63) is 71.0 Å². The molecular weight excluding hydrogens is 319 g/mol. The lowest BCUT2D eigenvalue weighted by Gasteiger charge is -2.32. The Balaban J connectivity index is 1.55. The van der Waals surface area contributed by atoms with E-state index in [-0.39, 0.29) is 23.4 Å². The smallest absolute Gasteiger partial charge is 0.256 e. The topological polar surface area (TPSA) is 49.4 Å². The first-order valence-electron chi connectivity index (χ1n) is 8.46. The summed E-state index contributed by atoms with van der Waals surface area (Å²) in [6, 6.07) is 13.5. The van der Waals surface area contributed by atoms with Gasteiger partial charge in [0.25, 0.3) is 11.8 Å². The number of hydrogen-bond acceptors (Lipinski definition) is 2. The highest BCUT2D eigenvalue weighted by molar-refractivity contribution is 5.95. The van der Waals surface area contributed by atoms with Crippen molar-refractivity contribution >= 4 is 11.8 Å². The number of halogens is 1. The van der Waals surface area contributed by atoms with Gasteiger partial charge in [0, 0.05) is 24.7 Å². The molecule has 3 rings (SSSR count). The van der Waals surface area contributed by atoms with Gasteiger partial charge in [0.1, 0.15) is 5.82 Å². The minimum atomic E-state index is -0.498. The lowest BCUT2D eigenvalue weighted by molar-refractivity contribution is 0.0693. The lowest BCUT2D eigenvalue weighted by atomic mass is 10.0. The summed E-state index contributed by atoms with van der Waals surface area (Å²) < 4.78 is 13.8. The molecule has 0 bridgehead atoms. The minimum Gasteiger partial charge on any atom is -0.349 e. The van der Waals surface area contributed by atoms with Gasteiger partial charge in [-0.05, 0) is 44.0 Å². The molecule has 1 saturated heterocycles. The predicted molar refractivity (Wildman–Crippen MR) is 94.0 cm³/mol. The van der Waals surface area contributed by atoms with E-state index in [9.17, 15) is 14.0 Å². The molecule has 5 heteroatoms. The lowest BCUT2D eigenvalue weighted by Crippen LogP contribution is -2.46. The maximum atomic E-state index is 13.8. The molecular formula is C20H21FN2O2. The van der Waals surface area contributed by atoms with Crippen molar-refractivity contribution in [1.29, 1.82) is 0 Å². The number of nitrogens with one attached hydrogen (secondary N) is 1. The van der Waals surface area contributed by atoms with Gasteiger partial charge >= 0.3 is 0 Å². The fraction of sp³-hybridized carbons (Fsp3) is 0.300. The van der Waals surface area contributed by atoms with E-state index in [2.05, 4.69) is 5.32 Å². The number of amides is 2. The van der Waals surface area contributed by atoms with Crippen molar-refractivity contribution in [1.82, 2.24) is 10.2 Å².